The minimum absolute atomic E-state index is 0.330. The Kier molecular flexibility index (Phi) is 5.98. The van der Waals surface area contributed by atoms with Crippen molar-refractivity contribution in [1.82, 2.24) is 20.6 Å². The van der Waals surface area contributed by atoms with E-state index in [1.54, 1.807) is 23.0 Å². The number of benzene rings is 3. The number of carbonyl (C=O) groups excluding carboxylic acids is 2. The van der Waals surface area contributed by atoms with Crippen molar-refractivity contribution >= 4 is 11.8 Å². The van der Waals surface area contributed by atoms with Gasteiger partial charge in [0.15, 0.2) is 0 Å². The maximum atomic E-state index is 13.0. The summed E-state index contributed by atoms with van der Waals surface area (Å²) in [5, 5.41) is 4.62. The Morgan fingerprint density at radius 1 is 0.844 bits per heavy atom. The first-order valence-corrected chi connectivity index (χ1v) is 10.0. The fraction of sp³-hybridized carbons (Fsp3) is 0.0800. The highest BCUT2D eigenvalue weighted by Crippen LogP contribution is 2.24. The van der Waals surface area contributed by atoms with Gasteiger partial charge in [0.05, 0.1) is 23.9 Å². The average Bonchev–Trinajstić information content (AvgIpc) is 3.29. The molecule has 32 heavy (non-hydrogen) atoms. The van der Waals surface area contributed by atoms with E-state index in [0.717, 1.165) is 16.8 Å². The number of methoxy groups -OCH3 is 1. The van der Waals surface area contributed by atoms with E-state index in [-0.39, 0.29) is 0 Å². The first-order valence-electron chi connectivity index (χ1n) is 10.0. The average molecular weight is 426 g/mol. The number of aryl methyl sites for hydroxylation is 1. The summed E-state index contributed by atoms with van der Waals surface area (Å²) in [5.41, 5.74) is 8.64. The van der Waals surface area contributed by atoms with E-state index in [0.29, 0.717) is 22.6 Å². The SMILES string of the molecule is COc1ccc(C)cc1C(=O)NNC(=O)c1cn(-c2ccccc2)nc1-c1ccccc1. The second kappa shape index (κ2) is 9.18. The zero-order valence-electron chi connectivity index (χ0n) is 17.7. The normalized spacial score (nSPS) is 10.4. The fourth-order valence-electron chi connectivity index (χ4n) is 3.31. The number of carbonyl (C=O) groups is 2. The molecule has 3 aromatic carbocycles. The summed E-state index contributed by atoms with van der Waals surface area (Å²) in [5.74, 6) is -0.536. The number of hydrazine groups is 1. The van der Waals surface area contributed by atoms with Crippen LogP contribution in [0.5, 0.6) is 5.75 Å². The molecule has 0 aliphatic carbocycles. The molecule has 0 atom stereocenters. The van der Waals surface area contributed by atoms with Gasteiger partial charge in [0, 0.05) is 11.8 Å². The molecule has 1 heterocycles. The van der Waals surface area contributed by atoms with E-state index in [9.17, 15) is 9.59 Å². The fourth-order valence-corrected chi connectivity index (χ4v) is 3.31. The molecule has 2 N–H and O–H groups in total. The molecule has 0 spiro atoms. The second-order valence-electron chi connectivity index (χ2n) is 7.15. The van der Waals surface area contributed by atoms with Gasteiger partial charge in [0.2, 0.25) is 0 Å². The standard InChI is InChI=1S/C25H22N4O3/c1-17-13-14-22(32-2)20(15-17)24(30)26-27-25(31)21-16-29(19-11-7-4-8-12-19)28-23(21)18-9-5-3-6-10-18/h3-16H,1-2H3,(H,26,30)(H,27,31). The van der Waals surface area contributed by atoms with Crippen LogP contribution < -0.4 is 15.6 Å². The van der Waals surface area contributed by atoms with Gasteiger partial charge in [-0.1, -0.05) is 60.2 Å². The summed E-state index contributed by atoms with van der Waals surface area (Å²) in [7, 11) is 1.49. The zero-order valence-corrected chi connectivity index (χ0v) is 17.7. The van der Waals surface area contributed by atoms with Gasteiger partial charge in [0.1, 0.15) is 11.4 Å². The number of aromatic nitrogens is 2. The van der Waals surface area contributed by atoms with Gasteiger partial charge >= 0.3 is 0 Å². The molecule has 0 saturated heterocycles. The molecule has 7 heteroatoms. The molecule has 0 unspecified atom stereocenters. The van der Waals surface area contributed by atoms with Gasteiger partial charge in [-0.25, -0.2) is 4.68 Å². The van der Waals surface area contributed by atoms with Crippen LogP contribution in [-0.4, -0.2) is 28.7 Å². The lowest BCUT2D eigenvalue weighted by Crippen LogP contribution is -2.41. The van der Waals surface area contributed by atoms with E-state index in [1.807, 2.05) is 73.7 Å². The Hall–Kier alpha value is -4.39. The first-order chi connectivity index (χ1) is 15.6. The number of hydrogen-bond acceptors (Lipinski definition) is 4. The van der Waals surface area contributed by atoms with Gasteiger partial charge in [-0.2, -0.15) is 5.10 Å². The molecule has 160 valence electrons. The van der Waals surface area contributed by atoms with E-state index in [4.69, 9.17) is 4.74 Å². The van der Waals surface area contributed by atoms with E-state index < -0.39 is 11.8 Å². The lowest BCUT2D eigenvalue weighted by atomic mass is 10.1. The number of hydrogen-bond donors (Lipinski definition) is 2. The predicted octanol–water partition coefficient (Wildman–Crippen LogP) is 3.93. The molecule has 4 rings (SSSR count). The highest BCUT2D eigenvalue weighted by molar-refractivity contribution is 6.03. The van der Waals surface area contributed by atoms with Gasteiger partial charge in [0.25, 0.3) is 11.8 Å². The summed E-state index contributed by atoms with van der Waals surface area (Å²) in [6, 6.07) is 24.2. The highest BCUT2D eigenvalue weighted by Gasteiger charge is 2.20. The highest BCUT2D eigenvalue weighted by atomic mass is 16.5. The summed E-state index contributed by atoms with van der Waals surface area (Å²) in [6.45, 7) is 1.87. The molecule has 1 aromatic heterocycles. The molecule has 2 amide bonds. The molecular weight excluding hydrogens is 404 g/mol. The van der Waals surface area contributed by atoms with Crippen LogP contribution in [0.1, 0.15) is 26.3 Å². The Morgan fingerprint density at radius 3 is 2.12 bits per heavy atom. The summed E-state index contributed by atoms with van der Waals surface area (Å²) < 4.78 is 6.90. The monoisotopic (exact) mass is 426 g/mol. The van der Waals surface area contributed by atoms with Crippen molar-refractivity contribution < 1.29 is 14.3 Å². The second-order valence-corrected chi connectivity index (χ2v) is 7.15. The first kappa shape index (κ1) is 20.9. The minimum atomic E-state index is -0.481. The summed E-state index contributed by atoms with van der Waals surface area (Å²) >= 11 is 0. The van der Waals surface area contributed by atoms with Crippen molar-refractivity contribution in [1.29, 1.82) is 0 Å². The third-order valence-electron chi connectivity index (χ3n) is 4.92. The minimum Gasteiger partial charge on any atom is -0.496 e. The number of amides is 2. The number of nitrogens with zero attached hydrogens (tertiary/aromatic N) is 2. The molecule has 7 nitrogen and oxygen atoms in total. The van der Waals surface area contributed by atoms with E-state index in [2.05, 4.69) is 16.0 Å². The number of rotatable bonds is 5. The maximum Gasteiger partial charge on any atom is 0.273 e. The number of para-hydroxylation sites is 1. The van der Waals surface area contributed by atoms with Crippen LogP contribution in [0.4, 0.5) is 0 Å². The van der Waals surface area contributed by atoms with Crippen LogP contribution in [-0.2, 0) is 0 Å². The van der Waals surface area contributed by atoms with Crippen LogP contribution >= 0.6 is 0 Å². The lowest BCUT2D eigenvalue weighted by molar-refractivity contribution is 0.0845. The third-order valence-corrected chi connectivity index (χ3v) is 4.92. The third kappa shape index (κ3) is 4.37. The summed E-state index contributed by atoms with van der Waals surface area (Å²) in [6.07, 6.45) is 1.65. The molecule has 0 aliphatic heterocycles. The van der Waals surface area contributed by atoms with Crippen molar-refractivity contribution in [2.24, 2.45) is 0 Å². The smallest absolute Gasteiger partial charge is 0.273 e. The van der Waals surface area contributed by atoms with Crippen molar-refractivity contribution in [3.05, 3.63) is 102 Å². The van der Waals surface area contributed by atoms with Gasteiger partial charge in [-0.05, 0) is 31.2 Å². The summed E-state index contributed by atoms with van der Waals surface area (Å²) in [4.78, 5) is 25.7. The van der Waals surface area contributed by atoms with Crippen molar-refractivity contribution in [2.75, 3.05) is 7.11 Å². The molecule has 0 aliphatic rings. The van der Waals surface area contributed by atoms with Gasteiger partial charge in [-0.15, -0.1) is 0 Å². The van der Waals surface area contributed by atoms with Gasteiger partial charge < -0.3 is 4.74 Å². The van der Waals surface area contributed by atoms with Crippen LogP contribution in [0.3, 0.4) is 0 Å². The quantitative estimate of drug-likeness (QED) is 0.474. The van der Waals surface area contributed by atoms with Crippen molar-refractivity contribution in [3.63, 3.8) is 0 Å². The van der Waals surface area contributed by atoms with E-state index in [1.165, 1.54) is 7.11 Å². The molecular formula is C25H22N4O3. The van der Waals surface area contributed by atoms with Crippen LogP contribution in [0.25, 0.3) is 16.9 Å². The number of ether oxygens (including phenoxy) is 1. The van der Waals surface area contributed by atoms with Crippen molar-refractivity contribution in [3.8, 4) is 22.7 Å². The largest absolute Gasteiger partial charge is 0.496 e. The van der Waals surface area contributed by atoms with Crippen LogP contribution in [0.15, 0.2) is 85.1 Å². The lowest BCUT2D eigenvalue weighted by Gasteiger charge is -2.11. The Bertz CT molecular complexity index is 1250. The number of nitrogens with one attached hydrogen (secondary N) is 2. The van der Waals surface area contributed by atoms with Crippen LogP contribution in [0.2, 0.25) is 0 Å². The Balaban J connectivity index is 1.61. The molecule has 0 bridgehead atoms. The van der Waals surface area contributed by atoms with Crippen molar-refractivity contribution in [2.45, 2.75) is 6.92 Å². The molecule has 4 aromatic rings. The van der Waals surface area contributed by atoms with Crippen LogP contribution in [0, 0.1) is 6.92 Å². The predicted molar refractivity (Wildman–Crippen MR) is 122 cm³/mol. The molecule has 0 radical (unpaired) electrons. The molecule has 0 fully saturated rings. The molecule has 0 saturated carbocycles. The van der Waals surface area contributed by atoms with Gasteiger partial charge in [-0.3, -0.25) is 20.4 Å². The maximum absolute atomic E-state index is 13.0. The Morgan fingerprint density at radius 2 is 1.47 bits per heavy atom. The topological polar surface area (TPSA) is 85.3 Å². The Labute approximate surface area is 185 Å². The van der Waals surface area contributed by atoms with E-state index >= 15 is 0 Å². The zero-order chi connectivity index (χ0) is 22.5.